The Balaban J connectivity index is 0. The van der Waals surface area contributed by atoms with Crippen LogP contribution in [0.15, 0.2) is 0 Å². The molecule has 0 rings (SSSR count). The molecule has 0 spiro atoms. The molecule has 0 aromatic rings. The molecule has 0 aromatic carbocycles. The zero-order chi connectivity index (χ0) is 14.0. The number of esters is 2. The van der Waals surface area contributed by atoms with Gasteiger partial charge in [0.2, 0.25) is 0 Å². The van der Waals surface area contributed by atoms with Gasteiger partial charge in [-0.1, -0.05) is 45.4 Å². The van der Waals surface area contributed by atoms with Gasteiger partial charge in [-0.3, -0.25) is 4.79 Å². The van der Waals surface area contributed by atoms with Gasteiger partial charge in [-0.25, -0.2) is 4.79 Å². The maximum absolute atomic E-state index is 11.7. The third kappa shape index (κ3) is 12.2. The fourth-order valence-electron chi connectivity index (χ4n) is 1.44. The summed E-state index contributed by atoms with van der Waals surface area (Å²) in [6.07, 6.45) is 1.42. The molecule has 0 amide bonds. The Morgan fingerprint density at radius 2 is 1.42 bits per heavy atom. The fraction of sp³-hybridized carbons (Fsp3) is 0.833. The summed E-state index contributed by atoms with van der Waals surface area (Å²) in [5.41, 5.74) is 0. The van der Waals surface area contributed by atoms with E-state index in [4.69, 9.17) is 0 Å². The van der Waals surface area contributed by atoms with Gasteiger partial charge in [-0.15, -0.1) is 0 Å². The molecule has 0 radical (unpaired) electrons. The van der Waals surface area contributed by atoms with Crippen LogP contribution in [0.1, 0.15) is 58.3 Å². The van der Waals surface area contributed by atoms with Crippen molar-refractivity contribution in [3.63, 3.8) is 0 Å². The fourth-order valence-corrected chi connectivity index (χ4v) is 1.44. The van der Waals surface area contributed by atoms with E-state index in [0.29, 0.717) is 6.42 Å². The third-order valence-electron chi connectivity index (χ3n) is 2.42. The number of rotatable bonds is 8. The van der Waals surface area contributed by atoms with E-state index in [2.05, 4.69) is 11.7 Å². The number of unbranched alkanes of at least 4 members (excludes halogenated alkanes) is 6. The van der Waals surface area contributed by atoms with Gasteiger partial charge in [0.05, 0.1) is 0 Å². The second-order valence-electron chi connectivity index (χ2n) is 4.13. The average Bonchev–Trinajstić information content (AvgIpc) is 2.26. The van der Waals surface area contributed by atoms with Crippen molar-refractivity contribution < 1.29 is 44.0 Å². The van der Waals surface area contributed by atoms with Crippen molar-refractivity contribution in [2.24, 2.45) is 0 Å². The standard InChI is InChI=1S/C12H19F3O3.Ni/c1-2-3-4-5-6-7-8-9-10(16)18-11(17)12(13,14)15;/h2-9H2,1H3;. The molecule has 116 valence electrons. The SMILES string of the molecule is CCCCCCCCCC(=O)OC(=O)C(F)(F)F.[Ni]. The van der Waals surface area contributed by atoms with Gasteiger partial charge in [0.1, 0.15) is 0 Å². The van der Waals surface area contributed by atoms with E-state index in [1.165, 1.54) is 6.42 Å². The Labute approximate surface area is 121 Å². The first-order valence-corrected chi connectivity index (χ1v) is 6.19. The number of ether oxygens (including phenoxy) is 1. The topological polar surface area (TPSA) is 43.4 Å². The Kier molecular flexibility index (Phi) is 12.3. The van der Waals surface area contributed by atoms with Crippen LogP contribution in [0, 0.1) is 0 Å². The summed E-state index contributed by atoms with van der Waals surface area (Å²) >= 11 is 0. The zero-order valence-corrected chi connectivity index (χ0v) is 11.8. The predicted molar refractivity (Wildman–Crippen MR) is 59.8 cm³/mol. The van der Waals surface area contributed by atoms with Crippen LogP contribution in [0.5, 0.6) is 0 Å². The van der Waals surface area contributed by atoms with Crippen LogP contribution >= 0.6 is 0 Å². The number of carbonyl (C=O) groups excluding carboxylic acids is 2. The minimum Gasteiger partial charge on any atom is -0.386 e. The van der Waals surface area contributed by atoms with Crippen molar-refractivity contribution >= 4 is 11.9 Å². The number of alkyl halides is 3. The Bertz CT molecular complexity index is 267. The maximum atomic E-state index is 11.7. The summed E-state index contributed by atoms with van der Waals surface area (Å²) < 4.78 is 38.9. The van der Waals surface area contributed by atoms with Gasteiger partial charge in [0.25, 0.3) is 0 Å². The second kappa shape index (κ2) is 11.3. The number of carbonyl (C=O) groups is 2. The van der Waals surface area contributed by atoms with Crippen molar-refractivity contribution in [3.05, 3.63) is 0 Å². The van der Waals surface area contributed by atoms with Gasteiger partial charge in [0, 0.05) is 22.9 Å². The van der Waals surface area contributed by atoms with E-state index in [0.717, 1.165) is 32.1 Å². The van der Waals surface area contributed by atoms with Crippen molar-refractivity contribution in [1.29, 1.82) is 0 Å². The summed E-state index contributed by atoms with van der Waals surface area (Å²) in [6, 6.07) is 0. The molecule has 0 N–H and O–H groups in total. The normalized spacial score (nSPS) is 10.7. The quantitative estimate of drug-likeness (QED) is 0.295. The van der Waals surface area contributed by atoms with Gasteiger partial charge in [0.15, 0.2) is 0 Å². The summed E-state index contributed by atoms with van der Waals surface area (Å²) in [5, 5.41) is 0. The molecule has 0 atom stereocenters. The van der Waals surface area contributed by atoms with Gasteiger partial charge >= 0.3 is 18.1 Å². The van der Waals surface area contributed by atoms with Crippen molar-refractivity contribution in [3.8, 4) is 0 Å². The van der Waals surface area contributed by atoms with E-state index in [9.17, 15) is 22.8 Å². The summed E-state index contributed by atoms with van der Waals surface area (Å²) in [6.45, 7) is 2.10. The first kappa shape index (κ1) is 20.7. The minimum absolute atomic E-state index is 0. The van der Waals surface area contributed by atoms with Crippen LogP contribution in [-0.2, 0) is 30.8 Å². The first-order valence-electron chi connectivity index (χ1n) is 6.19. The summed E-state index contributed by atoms with van der Waals surface area (Å²) in [7, 11) is 0. The maximum Gasteiger partial charge on any atom is 0.491 e. The zero-order valence-electron chi connectivity index (χ0n) is 10.8. The molecule has 0 aliphatic rings. The van der Waals surface area contributed by atoms with Gasteiger partial charge < -0.3 is 4.74 Å². The van der Waals surface area contributed by atoms with Crippen LogP contribution < -0.4 is 0 Å². The van der Waals surface area contributed by atoms with Crippen molar-refractivity contribution in [1.82, 2.24) is 0 Å². The molecule has 7 heteroatoms. The van der Waals surface area contributed by atoms with E-state index in [1.807, 2.05) is 0 Å². The molecule has 0 bridgehead atoms. The molecular formula is C12H19F3NiO3. The Morgan fingerprint density at radius 3 is 1.89 bits per heavy atom. The van der Waals surface area contributed by atoms with E-state index in [-0.39, 0.29) is 22.9 Å². The molecule has 0 saturated heterocycles. The molecular weight excluding hydrogens is 308 g/mol. The molecule has 0 fully saturated rings. The molecule has 0 aliphatic carbocycles. The number of hydrogen-bond donors (Lipinski definition) is 0. The molecule has 0 aliphatic heterocycles. The number of halogens is 3. The van der Waals surface area contributed by atoms with Gasteiger partial charge in [-0.2, -0.15) is 13.2 Å². The summed E-state index contributed by atoms with van der Waals surface area (Å²) in [5.74, 6) is -3.54. The minimum atomic E-state index is -5.10. The summed E-state index contributed by atoms with van der Waals surface area (Å²) in [4.78, 5) is 21.2. The molecule has 19 heavy (non-hydrogen) atoms. The molecule has 0 unspecified atom stereocenters. The van der Waals surface area contributed by atoms with E-state index < -0.39 is 18.1 Å². The van der Waals surface area contributed by atoms with Crippen LogP contribution in [-0.4, -0.2) is 18.1 Å². The van der Waals surface area contributed by atoms with Crippen molar-refractivity contribution in [2.75, 3.05) is 0 Å². The monoisotopic (exact) mass is 326 g/mol. The third-order valence-corrected chi connectivity index (χ3v) is 2.42. The van der Waals surface area contributed by atoms with Crippen molar-refractivity contribution in [2.45, 2.75) is 64.5 Å². The first-order chi connectivity index (χ1) is 8.38. The van der Waals surface area contributed by atoms with Gasteiger partial charge in [-0.05, 0) is 6.42 Å². The average molecular weight is 327 g/mol. The van der Waals surface area contributed by atoms with E-state index >= 15 is 0 Å². The largest absolute Gasteiger partial charge is 0.491 e. The Hall–Kier alpha value is -0.576. The molecule has 0 heterocycles. The van der Waals surface area contributed by atoms with Crippen LogP contribution in [0.4, 0.5) is 13.2 Å². The Morgan fingerprint density at radius 1 is 0.947 bits per heavy atom. The van der Waals surface area contributed by atoms with Crippen LogP contribution in [0.2, 0.25) is 0 Å². The number of hydrogen-bond acceptors (Lipinski definition) is 3. The second-order valence-corrected chi connectivity index (χ2v) is 4.13. The molecule has 0 saturated carbocycles. The molecule has 0 aromatic heterocycles. The molecule has 3 nitrogen and oxygen atoms in total. The van der Waals surface area contributed by atoms with Crippen LogP contribution in [0.25, 0.3) is 0 Å². The predicted octanol–water partition coefficient (Wildman–Crippen LogP) is 3.76. The van der Waals surface area contributed by atoms with E-state index in [1.54, 1.807) is 0 Å². The smallest absolute Gasteiger partial charge is 0.386 e. The van der Waals surface area contributed by atoms with Crippen LogP contribution in [0.3, 0.4) is 0 Å².